The van der Waals surface area contributed by atoms with Gasteiger partial charge >= 0.3 is 0 Å². The lowest BCUT2D eigenvalue weighted by atomic mass is 9.98. The largest absolute Gasteiger partial charge is 0.394 e. The van der Waals surface area contributed by atoms with Gasteiger partial charge in [-0.25, -0.2) is 0 Å². The van der Waals surface area contributed by atoms with Crippen LogP contribution in [-0.2, 0) is 9.47 Å². The molecule has 0 amide bonds. The quantitative estimate of drug-likeness (QED) is 0.146. The molecule has 0 aromatic heterocycles. The summed E-state index contributed by atoms with van der Waals surface area (Å²) in [6.45, 7) is 0.609. The number of hydrogen-bond acceptors (Lipinski definition) is 13. The van der Waals surface area contributed by atoms with Crippen molar-refractivity contribution in [1.29, 1.82) is 0 Å². The highest BCUT2D eigenvalue weighted by Crippen LogP contribution is 2.20. The van der Waals surface area contributed by atoms with Crippen LogP contribution >= 0.6 is 0 Å². The smallest absolute Gasteiger partial charge is 0.137 e. The second-order valence-electron chi connectivity index (χ2n) is 7.16. The number of aliphatic hydroxyl groups is 8. The number of ether oxygens (including phenoxy) is 2. The van der Waals surface area contributed by atoms with E-state index < -0.39 is 74.5 Å². The Morgan fingerprint density at radius 3 is 1.24 bits per heavy atom. The summed E-state index contributed by atoms with van der Waals surface area (Å²) < 4.78 is 10.6. The minimum absolute atomic E-state index is 0.350. The molecule has 2 fully saturated rings. The van der Waals surface area contributed by atoms with Gasteiger partial charge in [-0.3, -0.25) is 10.6 Å². The summed E-state index contributed by atoms with van der Waals surface area (Å²) >= 11 is 0. The van der Waals surface area contributed by atoms with Crippen LogP contribution in [0.3, 0.4) is 0 Å². The van der Waals surface area contributed by atoms with Gasteiger partial charge in [0.05, 0.1) is 13.2 Å². The molecular formula is C16H33N3O10. The van der Waals surface area contributed by atoms with Crippen molar-refractivity contribution >= 4 is 0 Å². The van der Waals surface area contributed by atoms with Crippen molar-refractivity contribution in [2.24, 2.45) is 0 Å². The van der Waals surface area contributed by atoms with Gasteiger partial charge in [0.15, 0.2) is 0 Å². The van der Waals surface area contributed by atoms with Crippen molar-refractivity contribution in [2.45, 2.75) is 61.3 Å². The van der Waals surface area contributed by atoms with E-state index in [0.717, 1.165) is 0 Å². The lowest BCUT2D eigenvalue weighted by Gasteiger charge is -2.40. The number of nitrogens with one attached hydrogen (secondary N) is 3. The van der Waals surface area contributed by atoms with Crippen LogP contribution < -0.4 is 16.0 Å². The molecule has 0 aliphatic carbocycles. The monoisotopic (exact) mass is 427 g/mol. The molecule has 11 N–H and O–H groups in total. The molecule has 0 aromatic rings. The fraction of sp³-hybridized carbons (Fsp3) is 1.00. The first-order valence-corrected chi connectivity index (χ1v) is 9.60. The third-order valence-corrected chi connectivity index (χ3v) is 5.08. The van der Waals surface area contributed by atoms with Gasteiger partial charge in [-0.2, -0.15) is 0 Å². The van der Waals surface area contributed by atoms with Gasteiger partial charge in [-0.1, -0.05) is 0 Å². The number of hydrogen-bond donors (Lipinski definition) is 11. The molecule has 0 spiro atoms. The van der Waals surface area contributed by atoms with Crippen LogP contribution in [0.25, 0.3) is 0 Å². The van der Waals surface area contributed by atoms with E-state index in [1.54, 1.807) is 0 Å². The average Bonchev–Trinajstić information content (AvgIpc) is 2.72. The lowest BCUT2D eigenvalue weighted by Crippen LogP contribution is -2.63. The molecule has 0 bridgehead atoms. The summed E-state index contributed by atoms with van der Waals surface area (Å²) in [6, 6.07) is 0. The van der Waals surface area contributed by atoms with E-state index in [0.29, 0.717) is 26.2 Å². The van der Waals surface area contributed by atoms with Gasteiger partial charge in [-0.15, -0.1) is 0 Å². The molecular weight excluding hydrogens is 394 g/mol. The molecule has 2 aliphatic rings. The van der Waals surface area contributed by atoms with Crippen LogP contribution in [0, 0.1) is 0 Å². The van der Waals surface area contributed by atoms with E-state index in [-0.39, 0.29) is 0 Å². The summed E-state index contributed by atoms with van der Waals surface area (Å²) in [4.78, 5) is 0. The fourth-order valence-corrected chi connectivity index (χ4v) is 3.27. The molecule has 0 aromatic carbocycles. The highest BCUT2D eigenvalue weighted by atomic mass is 16.6. The summed E-state index contributed by atoms with van der Waals surface area (Å²) in [6.07, 6.45) is -12.2. The van der Waals surface area contributed by atoms with Gasteiger partial charge < -0.3 is 55.6 Å². The molecule has 0 saturated carbocycles. The van der Waals surface area contributed by atoms with Gasteiger partial charge in [0.1, 0.15) is 61.3 Å². The first-order chi connectivity index (χ1) is 13.8. The number of aliphatic hydroxyl groups excluding tert-OH is 8. The van der Waals surface area contributed by atoms with Crippen molar-refractivity contribution < 1.29 is 50.3 Å². The van der Waals surface area contributed by atoms with E-state index in [4.69, 9.17) is 19.7 Å². The standard InChI is InChI=1S/C16H33N3O10/c20-5-7-9(22)11(24)13(26)15(28-7)18-3-1-17-2-4-19-16-14(27)12(25)10(23)8(6-21)29-16/h7-27H,1-6H2/t7-,8-,9+,10+,11+,12+,13-,14-,15?,16?/m1/s1. The molecule has 2 heterocycles. The SMILES string of the molecule is OC[C@H]1OC(NCCNCCNC2O[C@H](CO)[C@H](O)[C@H](O)[C@H]2O)[C@H](O)[C@@H](O)[C@H]1O. The normalized spacial score (nSPS) is 43.4. The zero-order valence-electron chi connectivity index (χ0n) is 15.9. The maximum absolute atomic E-state index is 9.91. The Balaban J connectivity index is 1.61. The highest BCUT2D eigenvalue weighted by Gasteiger charge is 2.44. The average molecular weight is 427 g/mol. The second kappa shape index (κ2) is 11.8. The van der Waals surface area contributed by atoms with Crippen LogP contribution in [-0.4, -0.2) is 142 Å². The second-order valence-corrected chi connectivity index (χ2v) is 7.16. The Bertz CT molecular complexity index is 434. The molecule has 29 heavy (non-hydrogen) atoms. The van der Waals surface area contributed by atoms with E-state index in [2.05, 4.69) is 16.0 Å². The summed E-state index contributed by atoms with van der Waals surface area (Å²) in [5.41, 5.74) is 0. The third-order valence-electron chi connectivity index (χ3n) is 5.08. The number of rotatable bonds is 10. The van der Waals surface area contributed by atoms with Gasteiger partial charge in [0.2, 0.25) is 0 Å². The van der Waals surface area contributed by atoms with Crippen molar-refractivity contribution in [3.63, 3.8) is 0 Å². The molecule has 2 unspecified atom stereocenters. The zero-order chi connectivity index (χ0) is 21.6. The lowest BCUT2D eigenvalue weighted by molar-refractivity contribution is -0.236. The topological polar surface area (TPSA) is 216 Å². The first kappa shape index (κ1) is 24.7. The van der Waals surface area contributed by atoms with Crippen molar-refractivity contribution in [1.82, 2.24) is 16.0 Å². The van der Waals surface area contributed by atoms with E-state index >= 15 is 0 Å². The van der Waals surface area contributed by atoms with Crippen LogP contribution in [0.1, 0.15) is 0 Å². The Labute approximate surface area is 167 Å². The van der Waals surface area contributed by atoms with Crippen LogP contribution in [0.15, 0.2) is 0 Å². The van der Waals surface area contributed by atoms with Crippen LogP contribution in [0.4, 0.5) is 0 Å². The molecule has 2 aliphatic heterocycles. The summed E-state index contributed by atoms with van der Waals surface area (Å²) in [5.74, 6) is 0. The molecule has 2 saturated heterocycles. The Morgan fingerprint density at radius 2 is 0.897 bits per heavy atom. The highest BCUT2D eigenvalue weighted by molar-refractivity contribution is 4.92. The molecule has 0 radical (unpaired) electrons. The van der Waals surface area contributed by atoms with Gasteiger partial charge in [-0.05, 0) is 0 Å². The van der Waals surface area contributed by atoms with Crippen molar-refractivity contribution in [3.05, 3.63) is 0 Å². The van der Waals surface area contributed by atoms with E-state index in [1.807, 2.05) is 0 Å². The Kier molecular flexibility index (Phi) is 10.0. The van der Waals surface area contributed by atoms with Gasteiger partial charge in [0, 0.05) is 26.2 Å². The Morgan fingerprint density at radius 1 is 0.517 bits per heavy atom. The predicted octanol–water partition coefficient (Wildman–Crippen LogP) is -6.64. The molecule has 13 nitrogen and oxygen atoms in total. The first-order valence-electron chi connectivity index (χ1n) is 9.60. The van der Waals surface area contributed by atoms with E-state index in [1.165, 1.54) is 0 Å². The maximum atomic E-state index is 9.91. The molecule has 10 atom stereocenters. The third kappa shape index (κ3) is 6.24. The maximum Gasteiger partial charge on any atom is 0.137 e. The zero-order valence-corrected chi connectivity index (χ0v) is 15.9. The molecule has 172 valence electrons. The minimum atomic E-state index is -1.44. The Hall–Kier alpha value is -0.520. The fourth-order valence-electron chi connectivity index (χ4n) is 3.27. The molecule has 13 heteroatoms. The summed E-state index contributed by atoms with van der Waals surface area (Å²) in [5, 5.41) is 85.8. The van der Waals surface area contributed by atoms with E-state index in [9.17, 15) is 30.6 Å². The summed E-state index contributed by atoms with van der Waals surface area (Å²) in [7, 11) is 0. The predicted molar refractivity (Wildman–Crippen MR) is 96.4 cm³/mol. The minimum Gasteiger partial charge on any atom is -0.394 e. The van der Waals surface area contributed by atoms with Crippen molar-refractivity contribution in [2.75, 3.05) is 39.4 Å². The van der Waals surface area contributed by atoms with Crippen LogP contribution in [0.2, 0.25) is 0 Å². The van der Waals surface area contributed by atoms with Crippen LogP contribution in [0.5, 0.6) is 0 Å². The molecule has 2 rings (SSSR count). The van der Waals surface area contributed by atoms with Crippen molar-refractivity contribution in [3.8, 4) is 0 Å². The van der Waals surface area contributed by atoms with Gasteiger partial charge in [0.25, 0.3) is 0 Å².